The van der Waals surface area contributed by atoms with Crippen molar-refractivity contribution in [1.29, 1.82) is 0 Å². The lowest BCUT2D eigenvalue weighted by molar-refractivity contribution is -0.131. The van der Waals surface area contributed by atoms with Crippen LogP contribution in [0, 0.1) is 20.8 Å². The molecule has 0 spiro atoms. The minimum atomic E-state index is 0.159. The first-order chi connectivity index (χ1) is 11.4. The third kappa shape index (κ3) is 3.61. The molecule has 1 amide bonds. The minimum Gasteiger partial charge on any atom is -0.338 e. The molecule has 1 aliphatic heterocycles. The highest BCUT2D eigenvalue weighted by Crippen LogP contribution is 2.22. The average molecular weight is 347 g/mol. The van der Waals surface area contributed by atoms with Gasteiger partial charge in [0.05, 0.1) is 19.0 Å². The summed E-state index contributed by atoms with van der Waals surface area (Å²) < 4.78 is 1.91. The number of aromatic nitrogens is 3. The molecule has 0 saturated carbocycles. The number of rotatable bonds is 4. The van der Waals surface area contributed by atoms with Gasteiger partial charge in [0.1, 0.15) is 11.6 Å². The summed E-state index contributed by atoms with van der Waals surface area (Å²) in [6, 6.07) is 6.03. The first-order valence-corrected chi connectivity index (χ1v) is 8.74. The molecule has 2 aromatic rings. The molecule has 1 fully saturated rings. The number of likely N-dealkylation sites (tertiary alicyclic amines) is 1. The van der Waals surface area contributed by atoms with E-state index in [9.17, 15) is 4.79 Å². The number of benzene rings is 1. The van der Waals surface area contributed by atoms with Crippen molar-refractivity contribution in [3.8, 4) is 0 Å². The predicted octanol–water partition coefficient (Wildman–Crippen LogP) is 3.09. The predicted molar refractivity (Wildman–Crippen MR) is 94.1 cm³/mol. The lowest BCUT2D eigenvalue weighted by atomic mass is 10.1. The molecule has 0 unspecified atom stereocenters. The smallest absolute Gasteiger partial charge is 0.227 e. The van der Waals surface area contributed by atoms with E-state index in [1.54, 1.807) is 0 Å². The average Bonchev–Trinajstić information content (AvgIpc) is 3.10. The molecule has 1 aromatic carbocycles. The van der Waals surface area contributed by atoms with E-state index in [2.05, 4.69) is 10.1 Å². The van der Waals surface area contributed by atoms with Crippen molar-refractivity contribution < 1.29 is 4.79 Å². The fourth-order valence-electron chi connectivity index (χ4n) is 3.31. The molecule has 0 radical (unpaired) electrons. The first-order valence-electron chi connectivity index (χ1n) is 8.36. The van der Waals surface area contributed by atoms with Crippen LogP contribution in [0.25, 0.3) is 0 Å². The second-order valence-corrected chi connectivity index (χ2v) is 6.94. The summed E-state index contributed by atoms with van der Waals surface area (Å²) in [5, 5.41) is 5.14. The molecular formula is C18H23ClN4O. The zero-order chi connectivity index (χ0) is 17.3. The Morgan fingerprint density at radius 2 is 2.12 bits per heavy atom. The van der Waals surface area contributed by atoms with E-state index in [0.29, 0.717) is 18.0 Å². The van der Waals surface area contributed by atoms with Gasteiger partial charge in [-0.1, -0.05) is 23.7 Å². The van der Waals surface area contributed by atoms with Crippen LogP contribution in [0.2, 0.25) is 5.02 Å². The van der Waals surface area contributed by atoms with Gasteiger partial charge in [-0.2, -0.15) is 5.10 Å². The van der Waals surface area contributed by atoms with Gasteiger partial charge >= 0.3 is 0 Å². The highest BCUT2D eigenvalue weighted by molar-refractivity contribution is 6.31. The molecule has 24 heavy (non-hydrogen) atoms. The fourth-order valence-corrected chi connectivity index (χ4v) is 3.51. The number of amides is 1. The van der Waals surface area contributed by atoms with E-state index >= 15 is 0 Å². The van der Waals surface area contributed by atoms with E-state index in [-0.39, 0.29) is 11.9 Å². The molecule has 0 bridgehead atoms. The summed E-state index contributed by atoms with van der Waals surface area (Å²) in [4.78, 5) is 19.1. The normalized spacial score (nSPS) is 17.5. The summed E-state index contributed by atoms with van der Waals surface area (Å²) in [7, 11) is 0. The Labute approximate surface area is 147 Å². The maximum Gasteiger partial charge on any atom is 0.227 e. The SMILES string of the molecule is Cc1nc(C)n(C[C@@H]2CCCN2C(=O)Cc2ccc(C)c(Cl)c2)n1. The van der Waals surface area contributed by atoms with E-state index in [4.69, 9.17) is 11.6 Å². The van der Waals surface area contributed by atoms with Crippen molar-refractivity contribution in [2.24, 2.45) is 0 Å². The Morgan fingerprint density at radius 1 is 1.33 bits per heavy atom. The highest BCUT2D eigenvalue weighted by atomic mass is 35.5. The van der Waals surface area contributed by atoms with E-state index in [1.807, 2.05) is 48.6 Å². The zero-order valence-electron chi connectivity index (χ0n) is 14.4. The van der Waals surface area contributed by atoms with Crippen molar-refractivity contribution in [3.63, 3.8) is 0 Å². The molecule has 128 valence electrons. The maximum atomic E-state index is 12.7. The van der Waals surface area contributed by atoms with Crippen molar-refractivity contribution in [2.45, 2.75) is 52.6 Å². The second-order valence-electron chi connectivity index (χ2n) is 6.53. The van der Waals surface area contributed by atoms with Gasteiger partial charge in [-0.25, -0.2) is 9.67 Å². The van der Waals surface area contributed by atoms with Crippen LogP contribution in [-0.4, -0.2) is 38.2 Å². The minimum absolute atomic E-state index is 0.159. The summed E-state index contributed by atoms with van der Waals surface area (Å²) in [6.45, 7) is 7.34. The number of carbonyl (C=O) groups excluding carboxylic acids is 1. The topological polar surface area (TPSA) is 51.0 Å². The lowest BCUT2D eigenvalue weighted by Gasteiger charge is -2.25. The monoisotopic (exact) mass is 346 g/mol. The molecule has 1 aromatic heterocycles. The molecule has 1 atom stereocenters. The Bertz CT molecular complexity index is 755. The number of nitrogens with zero attached hydrogens (tertiary/aromatic N) is 4. The lowest BCUT2D eigenvalue weighted by Crippen LogP contribution is -2.39. The van der Waals surface area contributed by atoms with Crippen LogP contribution in [0.4, 0.5) is 0 Å². The Hall–Kier alpha value is -1.88. The molecule has 0 N–H and O–H groups in total. The fraction of sp³-hybridized carbons (Fsp3) is 0.500. The van der Waals surface area contributed by atoms with Crippen molar-refractivity contribution >= 4 is 17.5 Å². The number of carbonyl (C=O) groups is 1. The van der Waals surface area contributed by atoms with Gasteiger partial charge in [0.15, 0.2) is 0 Å². The number of aryl methyl sites for hydroxylation is 3. The van der Waals surface area contributed by atoms with Crippen molar-refractivity contribution in [2.75, 3.05) is 6.54 Å². The Morgan fingerprint density at radius 3 is 2.79 bits per heavy atom. The van der Waals surface area contributed by atoms with Crippen LogP contribution in [0.5, 0.6) is 0 Å². The van der Waals surface area contributed by atoms with Crippen LogP contribution in [-0.2, 0) is 17.8 Å². The third-order valence-corrected chi connectivity index (χ3v) is 5.04. The largest absolute Gasteiger partial charge is 0.338 e. The number of hydrogen-bond acceptors (Lipinski definition) is 3. The van der Waals surface area contributed by atoms with Gasteiger partial charge in [-0.3, -0.25) is 4.79 Å². The standard InChI is InChI=1S/C18H23ClN4O/c1-12-6-7-15(9-17(12)19)10-18(24)22-8-4-5-16(22)11-23-14(3)20-13(2)21-23/h6-7,9,16H,4-5,8,10-11H2,1-3H3/t16-/m0/s1. The number of halogens is 1. The maximum absolute atomic E-state index is 12.7. The van der Waals surface area contributed by atoms with Crippen LogP contribution < -0.4 is 0 Å². The van der Waals surface area contributed by atoms with Crippen LogP contribution >= 0.6 is 11.6 Å². The van der Waals surface area contributed by atoms with Gasteiger partial charge < -0.3 is 4.90 Å². The van der Waals surface area contributed by atoms with E-state index in [0.717, 1.165) is 42.2 Å². The third-order valence-electron chi connectivity index (χ3n) is 4.64. The van der Waals surface area contributed by atoms with Gasteiger partial charge in [-0.05, 0) is 50.8 Å². The molecular weight excluding hydrogens is 324 g/mol. The van der Waals surface area contributed by atoms with Gasteiger partial charge in [0, 0.05) is 11.6 Å². The summed E-state index contributed by atoms with van der Waals surface area (Å²) in [5.41, 5.74) is 2.00. The number of hydrogen-bond donors (Lipinski definition) is 0. The molecule has 6 heteroatoms. The van der Waals surface area contributed by atoms with Gasteiger partial charge in [0.25, 0.3) is 0 Å². The van der Waals surface area contributed by atoms with E-state index < -0.39 is 0 Å². The first kappa shape index (κ1) is 17.0. The summed E-state index contributed by atoms with van der Waals surface area (Å²) in [6.07, 6.45) is 2.45. The van der Waals surface area contributed by atoms with Crippen LogP contribution in [0.15, 0.2) is 18.2 Å². The van der Waals surface area contributed by atoms with Crippen LogP contribution in [0.1, 0.15) is 35.6 Å². The zero-order valence-corrected chi connectivity index (χ0v) is 15.2. The second kappa shape index (κ2) is 6.93. The Balaban J connectivity index is 1.69. The Kier molecular flexibility index (Phi) is 4.90. The summed E-state index contributed by atoms with van der Waals surface area (Å²) >= 11 is 6.17. The van der Waals surface area contributed by atoms with Gasteiger partial charge in [-0.15, -0.1) is 0 Å². The molecule has 1 aliphatic rings. The van der Waals surface area contributed by atoms with Crippen molar-refractivity contribution in [3.05, 3.63) is 46.0 Å². The summed E-state index contributed by atoms with van der Waals surface area (Å²) in [5.74, 6) is 1.83. The van der Waals surface area contributed by atoms with Crippen molar-refractivity contribution in [1.82, 2.24) is 19.7 Å². The quantitative estimate of drug-likeness (QED) is 0.854. The molecule has 2 heterocycles. The van der Waals surface area contributed by atoms with E-state index in [1.165, 1.54) is 0 Å². The van der Waals surface area contributed by atoms with Gasteiger partial charge in [0.2, 0.25) is 5.91 Å². The molecule has 3 rings (SSSR count). The molecule has 1 saturated heterocycles. The van der Waals surface area contributed by atoms with Crippen LogP contribution in [0.3, 0.4) is 0 Å². The molecule has 0 aliphatic carbocycles. The molecule has 5 nitrogen and oxygen atoms in total. The highest BCUT2D eigenvalue weighted by Gasteiger charge is 2.29.